The van der Waals surface area contributed by atoms with E-state index in [4.69, 9.17) is 0 Å². The minimum atomic E-state index is 0.156. The number of hydrogen-bond acceptors (Lipinski definition) is 3. The summed E-state index contributed by atoms with van der Waals surface area (Å²) < 4.78 is 0. The highest BCUT2D eigenvalue weighted by Gasteiger charge is 2.22. The van der Waals surface area contributed by atoms with Crippen LogP contribution in [0.15, 0.2) is 0 Å². The Bertz CT molecular complexity index is 360. The summed E-state index contributed by atoms with van der Waals surface area (Å²) in [6.07, 6.45) is 11.0. The molecule has 3 atom stereocenters. The second-order valence-corrected chi connectivity index (χ2v) is 7.54. The molecular weight excluding hydrogens is 300 g/mol. The molecule has 1 rings (SSSR count). The Morgan fingerprint density at radius 2 is 1.88 bits per heavy atom. The summed E-state index contributed by atoms with van der Waals surface area (Å²) in [5.41, 5.74) is 0. The fraction of sp³-hybridized carbons (Fsp3) is 0.900. The average Bonchev–Trinajstić information content (AvgIpc) is 2.81. The molecule has 1 fully saturated rings. The minimum absolute atomic E-state index is 0.156. The van der Waals surface area contributed by atoms with Crippen molar-refractivity contribution in [3.63, 3.8) is 0 Å². The molecule has 1 N–H and O–H groups in total. The first-order valence-electron chi connectivity index (χ1n) is 10.1. The molecule has 0 aliphatic carbocycles. The van der Waals surface area contributed by atoms with Crippen molar-refractivity contribution < 1.29 is 9.59 Å². The molecule has 24 heavy (non-hydrogen) atoms. The van der Waals surface area contributed by atoms with Gasteiger partial charge in [-0.25, -0.2) is 0 Å². The molecule has 1 amide bonds. The molecule has 1 heterocycles. The summed E-state index contributed by atoms with van der Waals surface area (Å²) in [5, 5.41) is 3.30. The van der Waals surface area contributed by atoms with Gasteiger partial charge < -0.3 is 10.1 Å². The molecule has 4 nitrogen and oxygen atoms in total. The zero-order valence-corrected chi connectivity index (χ0v) is 16.1. The van der Waals surface area contributed by atoms with Gasteiger partial charge in [0.1, 0.15) is 6.29 Å². The van der Waals surface area contributed by atoms with Crippen LogP contribution < -0.4 is 5.32 Å². The van der Waals surface area contributed by atoms with Gasteiger partial charge in [0.25, 0.3) is 0 Å². The van der Waals surface area contributed by atoms with Crippen LogP contribution in [0, 0.1) is 11.8 Å². The van der Waals surface area contributed by atoms with Gasteiger partial charge in [-0.2, -0.15) is 0 Å². The fourth-order valence-electron chi connectivity index (χ4n) is 3.58. The number of nitrogens with zero attached hydrogens (tertiary/aromatic N) is 1. The van der Waals surface area contributed by atoms with Gasteiger partial charge >= 0.3 is 0 Å². The molecule has 0 aromatic rings. The van der Waals surface area contributed by atoms with Gasteiger partial charge in [-0.3, -0.25) is 9.69 Å². The molecule has 140 valence electrons. The molecule has 4 heteroatoms. The van der Waals surface area contributed by atoms with Crippen molar-refractivity contribution in [2.75, 3.05) is 19.6 Å². The number of carbonyl (C=O) groups is 2. The maximum atomic E-state index is 12.5. The highest BCUT2D eigenvalue weighted by Crippen LogP contribution is 2.18. The number of rotatable bonds is 11. The first-order valence-corrected chi connectivity index (χ1v) is 10.1. The van der Waals surface area contributed by atoms with E-state index in [2.05, 4.69) is 31.0 Å². The lowest BCUT2D eigenvalue weighted by Gasteiger charge is -2.27. The highest BCUT2D eigenvalue weighted by atomic mass is 16.2. The van der Waals surface area contributed by atoms with Gasteiger partial charge in [0, 0.05) is 12.0 Å². The lowest BCUT2D eigenvalue weighted by atomic mass is 9.92. The third-order valence-electron chi connectivity index (χ3n) is 5.34. The summed E-state index contributed by atoms with van der Waals surface area (Å²) in [6.45, 7) is 8.98. The topological polar surface area (TPSA) is 49.4 Å². The van der Waals surface area contributed by atoms with E-state index in [1.165, 1.54) is 32.1 Å². The van der Waals surface area contributed by atoms with E-state index >= 15 is 0 Å². The second kappa shape index (κ2) is 12.5. The second-order valence-electron chi connectivity index (χ2n) is 7.54. The van der Waals surface area contributed by atoms with Crippen LogP contribution in [0.3, 0.4) is 0 Å². The van der Waals surface area contributed by atoms with Gasteiger partial charge in [0.05, 0.1) is 6.54 Å². The number of unbranched alkanes of at least 4 members (excludes halogenated alkanes) is 2. The normalized spacial score (nSPS) is 21.7. The van der Waals surface area contributed by atoms with Crippen molar-refractivity contribution in [3.8, 4) is 0 Å². The summed E-state index contributed by atoms with van der Waals surface area (Å²) >= 11 is 0. The predicted molar refractivity (Wildman–Crippen MR) is 100.0 cm³/mol. The fourth-order valence-corrected chi connectivity index (χ4v) is 3.58. The minimum Gasteiger partial charge on any atom is -0.352 e. The van der Waals surface area contributed by atoms with E-state index in [-0.39, 0.29) is 11.8 Å². The van der Waals surface area contributed by atoms with Crippen LogP contribution in [0.2, 0.25) is 0 Å². The number of carbonyl (C=O) groups excluding carboxylic acids is 2. The smallest absolute Gasteiger partial charge is 0.234 e. The summed E-state index contributed by atoms with van der Waals surface area (Å²) in [5.74, 6) is 0.887. The average molecular weight is 339 g/mol. The Morgan fingerprint density at radius 3 is 2.54 bits per heavy atom. The van der Waals surface area contributed by atoms with E-state index in [1.807, 2.05) is 0 Å². The summed E-state index contributed by atoms with van der Waals surface area (Å²) in [7, 11) is 0. The molecule has 1 aliphatic heterocycles. The van der Waals surface area contributed by atoms with Gasteiger partial charge in [0.15, 0.2) is 0 Å². The third kappa shape index (κ3) is 8.27. The first kappa shape index (κ1) is 21.1. The van der Waals surface area contributed by atoms with Gasteiger partial charge in [0.2, 0.25) is 5.91 Å². The largest absolute Gasteiger partial charge is 0.352 e. The zero-order valence-electron chi connectivity index (χ0n) is 16.1. The van der Waals surface area contributed by atoms with Crippen LogP contribution in [-0.2, 0) is 9.59 Å². The third-order valence-corrected chi connectivity index (χ3v) is 5.34. The molecule has 0 aromatic carbocycles. The van der Waals surface area contributed by atoms with Crippen molar-refractivity contribution in [1.29, 1.82) is 0 Å². The van der Waals surface area contributed by atoms with Crippen molar-refractivity contribution in [2.45, 2.75) is 84.6 Å². The van der Waals surface area contributed by atoms with Crippen molar-refractivity contribution in [3.05, 3.63) is 0 Å². The molecule has 1 aliphatic rings. The number of likely N-dealkylation sites (tertiary alicyclic amines) is 1. The van der Waals surface area contributed by atoms with Gasteiger partial charge in [-0.15, -0.1) is 0 Å². The van der Waals surface area contributed by atoms with E-state index in [9.17, 15) is 9.59 Å². The van der Waals surface area contributed by atoms with Gasteiger partial charge in [-0.1, -0.05) is 46.5 Å². The van der Waals surface area contributed by atoms with Crippen LogP contribution >= 0.6 is 0 Å². The standard InChI is InChI=1S/C20H38N2O2/c1-4-6-9-17(3)19(11-7-5-2)21-20(24)15-22-13-8-10-18(16-23)12-14-22/h16-19H,4-15H2,1-3H3,(H,21,24). The van der Waals surface area contributed by atoms with Crippen LogP contribution in [0.5, 0.6) is 0 Å². The number of amides is 1. The zero-order chi connectivity index (χ0) is 17.8. The molecular formula is C20H38N2O2. The molecule has 0 spiro atoms. The molecule has 1 saturated heterocycles. The molecule has 0 bridgehead atoms. The van der Waals surface area contributed by atoms with Crippen LogP contribution in [0.25, 0.3) is 0 Å². The molecule has 0 saturated carbocycles. The number of aldehydes is 1. The van der Waals surface area contributed by atoms with Crippen molar-refractivity contribution in [1.82, 2.24) is 10.2 Å². The Kier molecular flexibility index (Phi) is 11.0. The van der Waals surface area contributed by atoms with Crippen molar-refractivity contribution in [2.24, 2.45) is 11.8 Å². The lowest BCUT2D eigenvalue weighted by Crippen LogP contribution is -2.45. The maximum absolute atomic E-state index is 12.5. The Hall–Kier alpha value is -0.900. The van der Waals surface area contributed by atoms with E-state index < -0.39 is 0 Å². The Balaban J connectivity index is 2.46. The SMILES string of the molecule is CCCCC(C)C(CCCC)NC(=O)CN1CCCC(C=O)CC1. The predicted octanol–water partition coefficient (Wildman–Crippen LogP) is 3.79. The Morgan fingerprint density at radius 1 is 1.17 bits per heavy atom. The van der Waals surface area contributed by atoms with E-state index in [1.54, 1.807) is 0 Å². The highest BCUT2D eigenvalue weighted by molar-refractivity contribution is 5.78. The number of nitrogens with one attached hydrogen (secondary N) is 1. The first-order chi connectivity index (χ1) is 11.6. The lowest BCUT2D eigenvalue weighted by molar-refractivity contribution is -0.123. The Labute approximate surface area is 148 Å². The molecule has 0 aromatic heterocycles. The molecule has 0 radical (unpaired) electrons. The van der Waals surface area contributed by atoms with Crippen molar-refractivity contribution >= 4 is 12.2 Å². The van der Waals surface area contributed by atoms with Crippen LogP contribution in [0.4, 0.5) is 0 Å². The van der Waals surface area contributed by atoms with Gasteiger partial charge in [-0.05, 0) is 51.1 Å². The monoisotopic (exact) mass is 338 g/mol. The quantitative estimate of drug-likeness (QED) is 0.583. The maximum Gasteiger partial charge on any atom is 0.234 e. The van der Waals surface area contributed by atoms with E-state index in [0.717, 1.165) is 45.1 Å². The van der Waals surface area contributed by atoms with Crippen LogP contribution in [-0.4, -0.2) is 42.8 Å². The number of hydrogen-bond donors (Lipinski definition) is 1. The summed E-state index contributed by atoms with van der Waals surface area (Å²) in [4.78, 5) is 25.7. The van der Waals surface area contributed by atoms with E-state index in [0.29, 0.717) is 18.5 Å². The van der Waals surface area contributed by atoms with Crippen LogP contribution in [0.1, 0.15) is 78.6 Å². The summed E-state index contributed by atoms with van der Waals surface area (Å²) in [6, 6.07) is 0.304. The molecule has 3 unspecified atom stereocenters.